The van der Waals surface area contributed by atoms with Crippen molar-refractivity contribution < 1.29 is 18.0 Å². The minimum atomic E-state index is -4.45. The minimum absolute atomic E-state index is 0.126. The topological polar surface area (TPSA) is 74.8 Å². The van der Waals surface area contributed by atoms with Gasteiger partial charge in [-0.2, -0.15) is 13.2 Å². The van der Waals surface area contributed by atoms with Crippen molar-refractivity contribution in [3.8, 4) is 0 Å². The first-order valence-electron chi connectivity index (χ1n) is 7.28. The van der Waals surface area contributed by atoms with Crippen molar-refractivity contribution in [2.75, 3.05) is 0 Å². The van der Waals surface area contributed by atoms with Crippen molar-refractivity contribution in [3.63, 3.8) is 0 Å². The zero-order valence-electron chi connectivity index (χ0n) is 12.7. The van der Waals surface area contributed by atoms with Crippen molar-refractivity contribution in [1.82, 2.24) is 15.3 Å². The second-order valence-electron chi connectivity index (χ2n) is 5.31. The predicted molar refractivity (Wildman–Crippen MR) is 85.0 cm³/mol. The van der Waals surface area contributed by atoms with Crippen LogP contribution in [0.3, 0.4) is 0 Å². The molecule has 1 aromatic heterocycles. The molecular weight excluding hydrogens is 335 g/mol. The molecule has 25 heavy (non-hydrogen) atoms. The molecule has 0 atom stereocenters. The lowest BCUT2D eigenvalue weighted by atomic mass is 10.1. The highest BCUT2D eigenvalue weighted by Crippen LogP contribution is 2.29. The van der Waals surface area contributed by atoms with Gasteiger partial charge in [-0.15, -0.1) is 0 Å². The Balaban J connectivity index is 1.78. The van der Waals surface area contributed by atoms with Gasteiger partial charge in [0.05, 0.1) is 16.5 Å². The minimum Gasteiger partial charge on any atom is -0.345 e. The Kier molecular flexibility index (Phi) is 4.26. The normalized spacial score (nSPS) is 11.5. The lowest BCUT2D eigenvalue weighted by Gasteiger charge is -2.09. The van der Waals surface area contributed by atoms with Crippen molar-refractivity contribution in [2.24, 2.45) is 0 Å². The van der Waals surface area contributed by atoms with Crippen LogP contribution in [0.5, 0.6) is 0 Å². The molecule has 0 aliphatic heterocycles. The van der Waals surface area contributed by atoms with E-state index in [1.54, 1.807) is 24.3 Å². The van der Waals surface area contributed by atoms with Gasteiger partial charge in [0.1, 0.15) is 0 Å². The maximum absolute atomic E-state index is 12.7. The maximum atomic E-state index is 12.7. The van der Waals surface area contributed by atoms with Crippen LogP contribution >= 0.6 is 0 Å². The number of hydrogen-bond donors (Lipinski definition) is 2. The summed E-state index contributed by atoms with van der Waals surface area (Å²) >= 11 is 0. The SMILES string of the molecule is O=C(NCc1cccc(C(F)(F)F)c1)c1nc2ccccc2c(=O)[nH]1. The molecule has 0 saturated heterocycles. The second-order valence-corrected chi connectivity index (χ2v) is 5.31. The third-order valence-electron chi connectivity index (χ3n) is 3.54. The largest absolute Gasteiger partial charge is 0.416 e. The molecule has 1 heterocycles. The van der Waals surface area contributed by atoms with Gasteiger partial charge in [-0.05, 0) is 29.8 Å². The number of amides is 1. The summed E-state index contributed by atoms with van der Waals surface area (Å²) in [5.74, 6) is -0.879. The van der Waals surface area contributed by atoms with Crippen LogP contribution in [-0.2, 0) is 12.7 Å². The van der Waals surface area contributed by atoms with E-state index in [1.807, 2.05) is 0 Å². The van der Waals surface area contributed by atoms with Gasteiger partial charge in [0.15, 0.2) is 5.82 Å². The van der Waals surface area contributed by atoms with Crippen LogP contribution in [0.25, 0.3) is 10.9 Å². The molecule has 2 aromatic carbocycles. The van der Waals surface area contributed by atoms with Gasteiger partial charge in [0.25, 0.3) is 11.5 Å². The zero-order chi connectivity index (χ0) is 18.0. The smallest absolute Gasteiger partial charge is 0.345 e. The number of carbonyl (C=O) groups is 1. The van der Waals surface area contributed by atoms with Crippen LogP contribution in [0.15, 0.2) is 53.3 Å². The average molecular weight is 347 g/mol. The van der Waals surface area contributed by atoms with Crippen LogP contribution in [0.4, 0.5) is 13.2 Å². The molecule has 0 aliphatic carbocycles. The van der Waals surface area contributed by atoms with Crippen LogP contribution in [0, 0.1) is 0 Å². The van der Waals surface area contributed by atoms with E-state index in [-0.39, 0.29) is 17.9 Å². The van der Waals surface area contributed by atoms with Crippen molar-refractivity contribution in [1.29, 1.82) is 0 Å². The molecule has 0 radical (unpaired) electrons. The van der Waals surface area contributed by atoms with E-state index in [9.17, 15) is 22.8 Å². The molecule has 0 saturated carbocycles. The summed E-state index contributed by atoms with van der Waals surface area (Å²) in [6.07, 6.45) is -4.45. The number of aromatic nitrogens is 2. The highest BCUT2D eigenvalue weighted by atomic mass is 19.4. The number of alkyl halides is 3. The summed E-state index contributed by atoms with van der Waals surface area (Å²) in [5.41, 5.74) is -0.618. The molecule has 0 bridgehead atoms. The van der Waals surface area contributed by atoms with Gasteiger partial charge in [0.2, 0.25) is 0 Å². The maximum Gasteiger partial charge on any atom is 0.416 e. The van der Waals surface area contributed by atoms with E-state index >= 15 is 0 Å². The van der Waals surface area contributed by atoms with Gasteiger partial charge >= 0.3 is 6.18 Å². The summed E-state index contributed by atoms with van der Waals surface area (Å²) in [6, 6.07) is 11.2. The van der Waals surface area contributed by atoms with Gasteiger partial charge < -0.3 is 10.3 Å². The molecule has 0 fully saturated rings. The molecule has 5 nitrogen and oxygen atoms in total. The van der Waals surface area contributed by atoms with Crippen molar-refractivity contribution in [2.45, 2.75) is 12.7 Å². The fraction of sp³-hybridized carbons (Fsp3) is 0.118. The van der Waals surface area contributed by atoms with E-state index in [4.69, 9.17) is 0 Å². The van der Waals surface area contributed by atoms with Gasteiger partial charge in [-0.25, -0.2) is 4.98 Å². The van der Waals surface area contributed by atoms with Crippen LogP contribution in [0.2, 0.25) is 0 Å². The van der Waals surface area contributed by atoms with Crippen molar-refractivity contribution >= 4 is 16.8 Å². The first-order valence-corrected chi connectivity index (χ1v) is 7.28. The van der Waals surface area contributed by atoms with E-state index < -0.39 is 23.2 Å². The Morgan fingerprint density at radius 1 is 1.12 bits per heavy atom. The monoisotopic (exact) mass is 347 g/mol. The fourth-order valence-electron chi connectivity index (χ4n) is 2.32. The van der Waals surface area contributed by atoms with E-state index in [0.29, 0.717) is 10.9 Å². The summed E-state index contributed by atoms with van der Waals surface area (Å²) < 4.78 is 38.1. The van der Waals surface area contributed by atoms with Crippen LogP contribution < -0.4 is 10.9 Å². The molecule has 0 spiro atoms. The molecule has 2 N–H and O–H groups in total. The molecule has 1 amide bonds. The number of fused-ring (bicyclic) bond motifs is 1. The Labute approximate surface area is 139 Å². The number of H-pyrrole nitrogens is 1. The molecule has 0 aliphatic rings. The lowest BCUT2D eigenvalue weighted by molar-refractivity contribution is -0.137. The van der Waals surface area contributed by atoms with Gasteiger partial charge in [0, 0.05) is 6.54 Å². The quantitative estimate of drug-likeness (QED) is 0.765. The fourth-order valence-corrected chi connectivity index (χ4v) is 2.32. The number of rotatable bonds is 3. The summed E-state index contributed by atoms with van der Waals surface area (Å²) in [6.45, 7) is -0.126. The molecular formula is C17H12F3N3O2. The van der Waals surface area contributed by atoms with Gasteiger partial charge in [-0.1, -0.05) is 24.3 Å². The average Bonchev–Trinajstić information content (AvgIpc) is 2.59. The summed E-state index contributed by atoms with van der Waals surface area (Å²) in [7, 11) is 0. The molecule has 8 heteroatoms. The van der Waals surface area contributed by atoms with Crippen LogP contribution in [0.1, 0.15) is 21.7 Å². The third-order valence-corrected chi connectivity index (χ3v) is 3.54. The van der Waals surface area contributed by atoms with E-state index in [1.165, 1.54) is 12.1 Å². The number of aromatic amines is 1. The number of halogens is 3. The Hall–Kier alpha value is -3.16. The number of benzene rings is 2. The first-order chi connectivity index (χ1) is 11.8. The summed E-state index contributed by atoms with van der Waals surface area (Å²) in [5, 5.41) is 2.79. The first kappa shape index (κ1) is 16.7. The van der Waals surface area contributed by atoms with Crippen LogP contribution in [-0.4, -0.2) is 15.9 Å². The number of hydrogen-bond acceptors (Lipinski definition) is 3. The molecule has 3 aromatic rings. The third kappa shape index (κ3) is 3.68. The molecule has 0 unspecified atom stereocenters. The molecule has 3 rings (SSSR count). The highest BCUT2D eigenvalue weighted by Gasteiger charge is 2.30. The number of nitrogens with zero attached hydrogens (tertiary/aromatic N) is 1. The Bertz CT molecular complexity index is 996. The lowest BCUT2D eigenvalue weighted by Crippen LogP contribution is -2.27. The second kappa shape index (κ2) is 6.39. The van der Waals surface area contributed by atoms with Gasteiger partial charge in [-0.3, -0.25) is 9.59 Å². The van der Waals surface area contributed by atoms with E-state index in [2.05, 4.69) is 15.3 Å². The van der Waals surface area contributed by atoms with Crippen molar-refractivity contribution in [3.05, 3.63) is 75.8 Å². The Morgan fingerprint density at radius 2 is 1.88 bits per heavy atom. The molecule has 128 valence electrons. The standard InChI is InChI=1S/C17H12F3N3O2/c18-17(19,20)11-5-3-4-10(8-11)9-21-16(25)14-22-13-7-2-1-6-12(13)15(24)23-14/h1-8H,9H2,(H,21,25)(H,22,23,24). The number of nitrogens with one attached hydrogen (secondary N) is 2. The number of carbonyl (C=O) groups excluding carboxylic acids is 1. The highest BCUT2D eigenvalue weighted by molar-refractivity contribution is 5.92. The predicted octanol–water partition coefficient (Wildman–Crippen LogP) is 2.87. The number of para-hydroxylation sites is 1. The summed E-state index contributed by atoms with van der Waals surface area (Å²) in [4.78, 5) is 30.5. The van der Waals surface area contributed by atoms with E-state index in [0.717, 1.165) is 12.1 Å². The zero-order valence-corrected chi connectivity index (χ0v) is 12.7. The Morgan fingerprint density at radius 3 is 2.64 bits per heavy atom.